The minimum absolute atomic E-state index is 0.582. The monoisotopic (exact) mass is 264 g/mol. The second kappa shape index (κ2) is 6.39. The van der Waals surface area contributed by atoms with Gasteiger partial charge in [0.25, 0.3) is 0 Å². The molecule has 0 aliphatic rings. The Balaban J connectivity index is 2.23. The molecule has 2 aromatic carbocycles. The second-order valence-corrected chi connectivity index (χ2v) is 4.37. The molecule has 20 heavy (non-hydrogen) atoms. The van der Waals surface area contributed by atoms with Crippen LogP contribution in [-0.4, -0.2) is 12.2 Å². The third-order valence-electron chi connectivity index (χ3n) is 2.96. The van der Waals surface area contributed by atoms with E-state index in [1.54, 1.807) is 18.2 Å². The van der Waals surface area contributed by atoms with Crippen molar-refractivity contribution in [1.29, 1.82) is 0 Å². The van der Waals surface area contributed by atoms with E-state index in [-0.39, 0.29) is 0 Å². The average Bonchev–Trinajstić information content (AvgIpc) is 2.45. The smallest absolute Gasteiger partial charge is 0.211 e. The molecule has 4 nitrogen and oxygen atoms in total. The predicted molar refractivity (Wildman–Crippen MR) is 76.0 cm³/mol. The van der Waals surface area contributed by atoms with Crippen LogP contribution < -0.4 is 0 Å². The van der Waals surface area contributed by atoms with Crippen molar-refractivity contribution in [3.05, 3.63) is 59.2 Å². The summed E-state index contributed by atoms with van der Waals surface area (Å²) in [6.45, 7) is 1.90. The van der Waals surface area contributed by atoms with Crippen LogP contribution in [0.25, 0.3) is 0 Å². The Labute approximate surface area is 116 Å². The van der Waals surface area contributed by atoms with E-state index in [1.807, 2.05) is 37.3 Å². The van der Waals surface area contributed by atoms with Crippen LogP contribution in [0.5, 0.6) is 0 Å². The zero-order valence-electron chi connectivity index (χ0n) is 11.0. The van der Waals surface area contributed by atoms with Crippen LogP contribution in [0.2, 0.25) is 0 Å². The van der Waals surface area contributed by atoms with Crippen LogP contribution in [0.15, 0.2) is 52.4 Å². The quantitative estimate of drug-likeness (QED) is 0.626. The lowest BCUT2D eigenvalue weighted by Gasteiger charge is -2.05. The molecule has 0 bridgehead atoms. The summed E-state index contributed by atoms with van der Waals surface area (Å²) in [7, 11) is 0. The molecule has 0 N–H and O–H groups in total. The fraction of sp³-hybridized carbons (Fsp3) is 0.125. The number of hydrogen-bond acceptors (Lipinski definition) is 4. The molecule has 0 atom stereocenters. The Bertz CT molecular complexity index is 708. The summed E-state index contributed by atoms with van der Waals surface area (Å²) in [4.78, 5) is 27.7. The van der Waals surface area contributed by atoms with Gasteiger partial charge in [0, 0.05) is 0 Å². The molecule has 0 spiro atoms. The number of benzene rings is 2. The lowest BCUT2D eigenvalue weighted by atomic mass is 10.0. The SMILES string of the molecule is Cc1ccc(Cc2ccc(N=C=O)cc2)cc1N=C=O. The van der Waals surface area contributed by atoms with Gasteiger partial charge >= 0.3 is 0 Å². The van der Waals surface area contributed by atoms with Crippen molar-refractivity contribution in [2.24, 2.45) is 9.98 Å². The Hall–Kier alpha value is -2.80. The predicted octanol–water partition coefficient (Wildman–Crippen LogP) is 3.52. The van der Waals surface area contributed by atoms with Gasteiger partial charge < -0.3 is 0 Å². The van der Waals surface area contributed by atoms with Gasteiger partial charge in [-0.25, -0.2) is 9.59 Å². The van der Waals surface area contributed by atoms with Crippen molar-refractivity contribution in [2.45, 2.75) is 13.3 Å². The van der Waals surface area contributed by atoms with E-state index in [0.717, 1.165) is 16.7 Å². The molecule has 0 radical (unpaired) electrons. The number of rotatable bonds is 4. The number of aliphatic imine (C=N–C) groups is 2. The molecule has 0 unspecified atom stereocenters. The molecule has 0 aromatic heterocycles. The van der Waals surface area contributed by atoms with Gasteiger partial charge in [-0.05, 0) is 48.2 Å². The highest BCUT2D eigenvalue weighted by molar-refractivity contribution is 5.55. The second-order valence-electron chi connectivity index (χ2n) is 4.37. The van der Waals surface area contributed by atoms with Crippen molar-refractivity contribution in [1.82, 2.24) is 0 Å². The summed E-state index contributed by atoms with van der Waals surface area (Å²) in [6, 6.07) is 13.1. The highest BCUT2D eigenvalue weighted by Gasteiger charge is 2.01. The van der Waals surface area contributed by atoms with Crippen molar-refractivity contribution in [3.8, 4) is 0 Å². The molecule has 0 saturated carbocycles. The van der Waals surface area contributed by atoms with Crippen LogP contribution in [0.4, 0.5) is 11.4 Å². The molecular formula is C16H12N2O2. The number of carbonyl (C=O) groups excluding carboxylic acids is 2. The molecule has 0 amide bonds. The van der Waals surface area contributed by atoms with E-state index in [9.17, 15) is 9.59 Å². The zero-order valence-corrected chi connectivity index (χ0v) is 11.0. The van der Waals surface area contributed by atoms with Crippen molar-refractivity contribution in [3.63, 3.8) is 0 Å². The van der Waals surface area contributed by atoms with Crippen LogP contribution >= 0.6 is 0 Å². The van der Waals surface area contributed by atoms with Crippen LogP contribution in [0, 0.1) is 6.92 Å². The summed E-state index contributed by atoms with van der Waals surface area (Å²) in [5.74, 6) is 0. The Morgan fingerprint density at radius 2 is 1.55 bits per heavy atom. The largest absolute Gasteiger partial charge is 0.240 e. The Morgan fingerprint density at radius 3 is 2.20 bits per heavy atom. The number of isocyanates is 2. The Kier molecular flexibility index (Phi) is 4.35. The minimum Gasteiger partial charge on any atom is -0.211 e. The average molecular weight is 264 g/mol. The summed E-state index contributed by atoms with van der Waals surface area (Å²) in [6.07, 6.45) is 3.79. The van der Waals surface area contributed by atoms with Gasteiger partial charge in [0.1, 0.15) is 0 Å². The molecule has 0 fully saturated rings. The van der Waals surface area contributed by atoms with Crippen molar-refractivity contribution in [2.75, 3.05) is 0 Å². The maximum absolute atomic E-state index is 10.4. The van der Waals surface area contributed by atoms with Gasteiger partial charge in [0.15, 0.2) is 0 Å². The molecule has 0 heterocycles. The fourth-order valence-corrected chi connectivity index (χ4v) is 1.91. The minimum atomic E-state index is 0.582. The van der Waals surface area contributed by atoms with Gasteiger partial charge in [-0.3, -0.25) is 0 Å². The van der Waals surface area contributed by atoms with E-state index in [2.05, 4.69) is 9.98 Å². The summed E-state index contributed by atoms with van der Waals surface area (Å²) in [5.41, 5.74) is 4.29. The number of aryl methyl sites for hydroxylation is 1. The molecule has 0 saturated heterocycles. The van der Waals surface area contributed by atoms with E-state index in [0.29, 0.717) is 17.8 Å². The first-order valence-corrected chi connectivity index (χ1v) is 6.07. The van der Waals surface area contributed by atoms with Crippen molar-refractivity contribution >= 4 is 23.5 Å². The summed E-state index contributed by atoms with van der Waals surface area (Å²) >= 11 is 0. The standard InChI is InChI=1S/C16H12N2O2/c1-12-2-3-14(9-16(12)18-11-20)8-13-4-6-15(7-5-13)17-10-19/h2-7,9H,8H2,1H3. The normalized spacial score (nSPS) is 9.45. The first-order valence-electron chi connectivity index (χ1n) is 6.07. The van der Waals surface area contributed by atoms with E-state index in [4.69, 9.17) is 0 Å². The highest BCUT2D eigenvalue weighted by Crippen LogP contribution is 2.22. The highest BCUT2D eigenvalue weighted by atomic mass is 16.1. The molecule has 0 aliphatic heterocycles. The Morgan fingerprint density at radius 1 is 0.900 bits per heavy atom. The van der Waals surface area contributed by atoms with Crippen LogP contribution in [-0.2, 0) is 16.0 Å². The third-order valence-corrected chi connectivity index (χ3v) is 2.96. The molecule has 2 aromatic rings. The maximum atomic E-state index is 10.4. The third kappa shape index (κ3) is 3.36. The van der Waals surface area contributed by atoms with Gasteiger partial charge in [0.05, 0.1) is 11.4 Å². The van der Waals surface area contributed by atoms with E-state index >= 15 is 0 Å². The van der Waals surface area contributed by atoms with Gasteiger partial charge in [-0.2, -0.15) is 9.98 Å². The van der Waals surface area contributed by atoms with Crippen LogP contribution in [0.1, 0.15) is 16.7 Å². The number of nitrogens with zero attached hydrogens (tertiary/aromatic N) is 2. The lowest BCUT2D eigenvalue weighted by Crippen LogP contribution is -1.88. The topological polar surface area (TPSA) is 58.9 Å². The van der Waals surface area contributed by atoms with Gasteiger partial charge in [0.2, 0.25) is 12.2 Å². The maximum Gasteiger partial charge on any atom is 0.240 e. The first kappa shape index (κ1) is 13.6. The lowest BCUT2D eigenvalue weighted by molar-refractivity contribution is 0.564. The van der Waals surface area contributed by atoms with Gasteiger partial charge in [-0.1, -0.05) is 24.3 Å². The molecular weight excluding hydrogens is 252 g/mol. The molecule has 98 valence electrons. The molecule has 4 heteroatoms. The summed E-state index contributed by atoms with van der Waals surface area (Å²) in [5, 5.41) is 0. The number of hydrogen-bond donors (Lipinski definition) is 0. The summed E-state index contributed by atoms with van der Waals surface area (Å²) < 4.78 is 0. The molecule has 2 rings (SSSR count). The molecule has 0 aliphatic carbocycles. The van der Waals surface area contributed by atoms with E-state index < -0.39 is 0 Å². The zero-order chi connectivity index (χ0) is 14.4. The fourth-order valence-electron chi connectivity index (χ4n) is 1.91. The van der Waals surface area contributed by atoms with Crippen LogP contribution in [0.3, 0.4) is 0 Å². The van der Waals surface area contributed by atoms with Crippen molar-refractivity contribution < 1.29 is 9.59 Å². The first-order chi connectivity index (χ1) is 9.72. The van der Waals surface area contributed by atoms with Gasteiger partial charge in [-0.15, -0.1) is 0 Å². The van der Waals surface area contributed by atoms with E-state index in [1.165, 1.54) is 6.08 Å².